The minimum atomic E-state index is 0.248. The van der Waals surface area contributed by atoms with Crippen LogP contribution in [-0.4, -0.2) is 23.3 Å². The van der Waals surface area contributed by atoms with Gasteiger partial charge in [-0.3, -0.25) is 0 Å². The molecule has 4 heteroatoms. The van der Waals surface area contributed by atoms with Gasteiger partial charge in [-0.05, 0) is 20.3 Å². The number of hydrogen-bond donors (Lipinski definition) is 1. The summed E-state index contributed by atoms with van der Waals surface area (Å²) in [7, 11) is 0. The van der Waals surface area contributed by atoms with E-state index in [1.165, 1.54) is 6.42 Å². The molecule has 1 saturated heterocycles. The minimum absolute atomic E-state index is 0.248. The van der Waals surface area contributed by atoms with Crippen LogP contribution < -0.4 is 5.43 Å². The van der Waals surface area contributed by atoms with Crippen LogP contribution in [0.4, 0.5) is 0 Å². The fourth-order valence-electron chi connectivity index (χ4n) is 1.38. The van der Waals surface area contributed by atoms with Crippen molar-refractivity contribution in [3.8, 4) is 0 Å². The van der Waals surface area contributed by atoms with E-state index in [0.29, 0.717) is 0 Å². The molecule has 2 heterocycles. The Labute approximate surface area is 77.9 Å². The van der Waals surface area contributed by atoms with Crippen molar-refractivity contribution in [2.24, 2.45) is 0 Å². The number of rotatable bonds is 3. The zero-order valence-electron chi connectivity index (χ0n) is 8.08. The Kier molecular flexibility index (Phi) is 2.33. The zero-order valence-corrected chi connectivity index (χ0v) is 8.08. The van der Waals surface area contributed by atoms with Crippen molar-refractivity contribution in [1.29, 1.82) is 0 Å². The van der Waals surface area contributed by atoms with Gasteiger partial charge in [0, 0.05) is 19.2 Å². The first kappa shape index (κ1) is 8.72. The molecule has 1 aliphatic rings. The lowest BCUT2D eigenvalue weighted by atomic mass is 10.2. The van der Waals surface area contributed by atoms with Gasteiger partial charge >= 0.3 is 0 Å². The lowest BCUT2D eigenvalue weighted by Gasteiger charge is -2.33. The van der Waals surface area contributed by atoms with Gasteiger partial charge in [0.1, 0.15) is 11.5 Å². The van der Waals surface area contributed by atoms with E-state index >= 15 is 0 Å². The van der Waals surface area contributed by atoms with Crippen LogP contribution in [0.1, 0.15) is 30.8 Å². The van der Waals surface area contributed by atoms with E-state index in [0.717, 1.165) is 24.5 Å². The topological polar surface area (TPSA) is 41.3 Å². The second-order valence-electron chi connectivity index (χ2n) is 3.55. The van der Waals surface area contributed by atoms with Crippen molar-refractivity contribution >= 4 is 0 Å². The fourth-order valence-corrected chi connectivity index (χ4v) is 1.38. The summed E-state index contributed by atoms with van der Waals surface area (Å²) in [5.74, 6) is 0.868. The van der Waals surface area contributed by atoms with Gasteiger partial charge in [-0.2, -0.15) is 0 Å². The summed E-state index contributed by atoms with van der Waals surface area (Å²) in [4.78, 5) is 0. The lowest BCUT2D eigenvalue weighted by molar-refractivity contribution is 0.0877. The van der Waals surface area contributed by atoms with Crippen LogP contribution in [0, 0.1) is 6.92 Å². The molecule has 1 aromatic heterocycles. The molecule has 0 spiro atoms. The van der Waals surface area contributed by atoms with Crippen LogP contribution >= 0.6 is 0 Å². The van der Waals surface area contributed by atoms with Gasteiger partial charge in [-0.1, -0.05) is 5.16 Å². The Hall–Kier alpha value is -0.870. The number of nitrogens with one attached hydrogen (secondary N) is 1. The highest BCUT2D eigenvalue weighted by Crippen LogP contribution is 2.14. The van der Waals surface area contributed by atoms with Crippen molar-refractivity contribution in [2.45, 2.75) is 26.3 Å². The first-order valence-electron chi connectivity index (χ1n) is 4.70. The highest BCUT2D eigenvalue weighted by molar-refractivity contribution is 5.07. The van der Waals surface area contributed by atoms with Gasteiger partial charge < -0.3 is 4.52 Å². The van der Waals surface area contributed by atoms with Crippen molar-refractivity contribution in [3.63, 3.8) is 0 Å². The van der Waals surface area contributed by atoms with Crippen molar-refractivity contribution in [3.05, 3.63) is 17.5 Å². The van der Waals surface area contributed by atoms with Crippen molar-refractivity contribution in [2.75, 3.05) is 13.1 Å². The van der Waals surface area contributed by atoms with Gasteiger partial charge in [-0.15, -0.1) is 0 Å². The molecule has 0 amide bonds. The van der Waals surface area contributed by atoms with Crippen LogP contribution in [0.15, 0.2) is 10.6 Å². The van der Waals surface area contributed by atoms with E-state index in [4.69, 9.17) is 4.52 Å². The summed E-state index contributed by atoms with van der Waals surface area (Å²) in [5, 5.41) is 6.17. The third-order valence-electron chi connectivity index (χ3n) is 2.32. The summed E-state index contributed by atoms with van der Waals surface area (Å²) in [5.41, 5.74) is 4.33. The predicted octanol–water partition coefficient (Wildman–Crippen LogP) is 1.25. The molecule has 2 rings (SSSR count). The molecule has 0 radical (unpaired) electrons. The molecule has 4 nitrogen and oxygen atoms in total. The average molecular weight is 181 g/mol. The first-order chi connectivity index (χ1) is 6.25. The maximum absolute atomic E-state index is 5.01. The second kappa shape index (κ2) is 3.47. The molecule has 1 N–H and O–H groups in total. The molecule has 72 valence electrons. The summed E-state index contributed by atoms with van der Waals surface area (Å²) < 4.78 is 5.01. The van der Waals surface area contributed by atoms with Crippen LogP contribution in [0.2, 0.25) is 0 Å². The highest BCUT2D eigenvalue weighted by atomic mass is 16.5. The predicted molar refractivity (Wildman–Crippen MR) is 49.0 cm³/mol. The molecule has 1 fully saturated rings. The van der Waals surface area contributed by atoms with Gasteiger partial charge in [0.25, 0.3) is 0 Å². The summed E-state index contributed by atoms with van der Waals surface area (Å²) in [6, 6.07) is 2.22. The standard InChI is InChI=1S/C9H15N3O/c1-7-6-9(11-13-7)8(2)10-12-4-3-5-12/h6,8,10H,3-5H2,1-2H3. The maximum Gasteiger partial charge on any atom is 0.133 e. The van der Waals surface area contributed by atoms with Crippen LogP contribution in [0.5, 0.6) is 0 Å². The largest absolute Gasteiger partial charge is 0.361 e. The number of nitrogens with zero attached hydrogens (tertiary/aromatic N) is 2. The Balaban J connectivity index is 1.92. The quantitative estimate of drug-likeness (QED) is 0.762. The molecule has 0 bridgehead atoms. The van der Waals surface area contributed by atoms with E-state index in [2.05, 4.69) is 22.5 Å². The average Bonchev–Trinajstić information content (AvgIpc) is 2.44. The van der Waals surface area contributed by atoms with E-state index in [1.807, 2.05) is 13.0 Å². The van der Waals surface area contributed by atoms with E-state index in [-0.39, 0.29) is 6.04 Å². The number of hydrazine groups is 1. The lowest BCUT2D eigenvalue weighted by Crippen LogP contribution is -2.48. The van der Waals surface area contributed by atoms with Crippen molar-refractivity contribution in [1.82, 2.24) is 15.6 Å². The Morgan fingerprint density at radius 2 is 2.38 bits per heavy atom. The molecule has 0 aromatic carbocycles. The number of aromatic nitrogens is 1. The molecule has 1 atom stereocenters. The van der Waals surface area contributed by atoms with Crippen LogP contribution in [0.25, 0.3) is 0 Å². The summed E-state index contributed by atoms with van der Waals surface area (Å²) >= 11 is 0. The molecule has 0 aliphatic carbocycles. The van der Waals surface area contributed by atoms with Gasteiger partial charge in [0.15, 0.2) is 0 Å². The van der Waals surface area contributed by atoms with Gasteiger partial charge in [0.05, 0.1) is 6.04 Å². The molecular formula is C9H15N3O. The monoisotopic (exact) mass is 181 g/mol. The maximum atomic E-state index is 5.01. The smallest absolute Gasteiger partial charge is 0.133 e. The number of hydrogen-bond acceptors (Lipinski definition) is 4. The molecule has 1 unspecified atom stereocenters. The van der Waals surface area contributed by atoms with Crippen LogP contribution in [0.3, 0.4) is 0 Å². The van der Waals surface area contributed by atoms with Gasteiger partial charge in [-0.25, -0.2) is 10.4 Å². The molecular weight excluding hydrogens is 166 g/mol. The minimum Gasteiger partial charge on any atom is -0.361 e. The van der Waals surface area contributed by atoms with Crippen molar-refractivity contribution < 1.29 is 4.52 Å². The molecule has 13 heavy (non-hydrogen) atoms. The first-order valence-corrected chi connectivity index (χ1v) is 4.70. The second-order valence-corrected chi connectivity index (χ2v) is 3.55. The third kappa shape index (κ3) is 1.89. The Bertz CT molecular complexity index is 280. The SMILES string of the molecule is Cc1cc(C(C)NN2CCC2)no1. The zero-order chi connectivity index (χ0) is 9.26. The summed E-state index contributed by atoms with van der Waals surface area (Å²) in [6.07, 6.45) is 1.29. The van der Waals surface area contributed by atoms with E-state index in [1.54, 1.807) is 0 Å². The number of aryl methyl sites for hydroxylation is 1. The van der Waals surface area contributed by atoms with Crippen LogP contribution in [-0.2, 0) is 0 Å². The van der Waals surface area contributed by atoms with E-state index in [9.17, 15) is 0 Å². The Morgan fingerprint density at radius 1 is 1.62 bits per heavy atom. The highest BCUT2D eigenvalue weighted by Gasteiger charge is 2.18. The van der Waals surface area contributed by atoms with Gasteiger partial charge in [0.2, 0.25) is 0 Å². The normalized spacial score (nSPS) is 19.8. The summed E-state index contributed by atoms with van der Waals surface area (Å²) in [6.45, 7) is 6.28. The molecule has 1 aliphatic heterocycles. The van der Waals surface area contributed by atoms with E-state index < -0.39 is 0 Å². The fraction of sp³-hybridized carbons (Fsp3) is 0.667. The Morgan fingerprint density at radius 3 is 2.85 bits per heavy atom. The molecule has 0 saturated carbocycles. The third-order valence-corrected chi connectivity index (χ3v) is 2.32. The molecule has 1 aromatic rings.